The lowest BCUT2D eigenvalue weighted by molar-refractivity contribution is 0.328. The molecule has 0 atom stereocenters. The van der Waals surface area contributed by atoms with E-state index in [0.717, 1.165) is 24.0 Å². The molecule has 0 unspecified atom stereocenters. The van der Waals surface area contributed by atoms with Gasteiger partial charge < -0.3 is 5.32 Å². The monoisotopic (exact) mass is 352 g/mol. The van der Waals surface area contributed by atoms with E-state index in [0.29, 0.717) is 18.7 Å². The van der Waals surface area contributed by atoms with Crippen molar-refractivity contribution in [3.8, 4) is 0 Å². The van der Waals surface area contributed by atoms with Gasteiger partial charge in [-0.1, -0.05) is 13.8 Å². The summed E-state index contributed by atoms with van der Waals surface area (Å²) in [5.41, 5.74) is 0.659. The fraction of sp³-hybridized carbons (Fsp3) is 0.667. The second kappa shape index (κ2) is 6.64. The Morgan fingerprint density at radius 2 is 2.00 bits per heavy atom. The Morgan fingerprint density at radius 1 is 1.29 bits per heavy atom. The van der Waals surface area contributed by atoms with Crippen molar-refractivity contribution in [1.82, 2.24) is 24.1 Å². The number of sulfonamides is 1. The van der Waals surface area contributed by atoms with Gasteiger partial charge in [-0.25, -0.2) is 22.7 Å². The Kier molecular flexibility index (Phi) is 4.73. The molecule has 9 heteroatoms. The minimum atomic E-state index is -3.14. The summed E-state index contributed by atoms with van der Waals surface area (Å²) >= 11 is 0. The maximum Gasteiger partial charge on any atom is 0.214 e. The van der Waals surface area contributed by atoms with E-state index in [-0.39, 0.29) is 17.7 Å². The molecule has 0 amide bonds. The average molecular weight is 352 g/mol. The van der Waals surface area contributed by atoms with Crippen molar-refractivity contribution in [2.75, 3.05) is 24.2 Å². The summed E-state index contributed by atoms with van der Waals surface area (Å²) in [7, 11) is -1.29. The maximum absolute atomic E-state index is 12.3. The molecule has 1 saturated heterocycles. The Balaban J connectivity index is 1.65. The first-order chi connectivity index (χ1) is 11.3. The van der Waals surface area contributed by atoms with E-state index < -0.39 is 10.0 Å². The van der Waals surface area contributed by atoms with Gasteiger partial charge in [-0.05, 0) is 18.8 Å². The van der Waals surface area contributed by atoms with Gasteiger partial charge in [0.15, 0.2) is 5.65 Å². The van der Waals surface area contributed by atoms with Crippen molar-refractivity contribution in [3.05, 3.63) is 12.5 Å². The molecule has 0 spiro atoms. The molecule has 2 aromatic heterocycles. The molecule has 0 aromatic carbocycles. The molecule has 24 heavy (non-hydrogen) atoms. The molecule has 0 radical (unpaired) electrons. The van der Waals surface area contributed by atoms with Crippen LogP contribution in [0.4, 0.5) is 5.82 Å². The lowest BCUT2D eigenvalue weighted by Gasteiger charge is -2.32. The largest absolute Gasteiger partial charge is 0.367 e. The molecule has 3 heterocycles. The summed E-state index contributed by atoms with van der Waals surface area (Å²) < 4.78 is 28.0. The highest BCUT2D eigenvalue weighted by molar-refractivity contribution is 7.89. The fourth-order valence-electron chi connectivity index (χ4n) is 3.06. The summed E-state index contributed by atoms with van der Waals surface area (Å²) in [5, 5.41) is 8.58. The van der Waals surface area contributed by atoms with Gasteiger partial charge >= 0.3 is 0 Å². The van der Waals surface area contributed by atoms with Gasteiger partial charge in [0, 0.05) is 32.4 Å². The number of nitrogens with zero attached hydrogens (tertiary/aromatic N) is 5. The minimum Gasteiger partial charge on any atom is -0.367 e. The highest BCUT2D eigenvalue weighted by atomic mass is 32.2. The first-order valence-electron chi connectivity index (χ1n) is 8.24. The van der Waals surface area contributed by atoms with Crippen LogP contribution in [0.15, 0.2) is 12.5 Å². The molecule has 1 fully saturated rings. The SMILES string of the molecule is CC(C)CS(=O)(=O)N1CCC(Nc2ncnc3nn(C)cc23)CC1. The molecule has 0 bridgehead atoms. The summed E-state index contributed by atoms with van der Waals surface area (Å²) in [4.78, 5) is 8.47. The van der Waals surface area contributed by atoms with E-state index >= 15 is 0 Å². The van der Waals surface area contributed by atoms with E-state index in [1.165, 1.54) is 6.33 Å². The zero-order valence-corrected chi connectivity index (χ0v) is 15.1. The highest BCUT2D eigenvalue weighted by Gasteiger charge is 2.28. The molecule has 132 valence electrons. The van der Waals surface area contributed by atoms with Crippen LogP contribution in [0.2, 0.25) is 0 Å². The normalized spacial score (nSPS) is 17.7. The van der Waals surface area contributed by atoms with E-state index in [1.807, 2.05) is 27.1 Å². The zero-order chi connectivity index (χ0) is 17.3. The van der Waals surface area contributed by atoms with Crippen LogP contribution >= 0.6 is 0 Å². The van der Waals surface area contributed by atoms with Crippen LogP contribution in [0, 0.1) is 5.92 Å². The molecular formula is C15H24N6O2S. The summed E-state index contributed by atoms with van der Waals surface area (Å²) in [5.74, 6) is 1.12. The summed E-state index contributed by atoms with van der Waals surface area (Å²) in [6.07, 6.45) is 4.92. The average Bonchev–Trinajstić information content (AvgIpc) is 2.88. The van der Waals surface area contributed by atoms with Gasteiger partial charge in [-0.3, -0.25) is 4.68 Å². The maximum atomic E-state index is 12.3. The number of rotatable bonds is 5. The van der Waals surface area contributed by atoms with E-state index in [1.54, 1.807) is 8.99 Å². The standard InChI is InChI=1S/C15H24N6O2S/c1-11(2)9-24(22,23)21-6-4-12(5-7-21)18-14-13-8-20(3)19-15(13)17-10-16-14/h8,10-12H,4-7,9H2,1-3H3,(H,16,17,18,19). The predicted molar refractivity (Wildman–Crippen MR) is 93.1 cm³/mol. The molecule has 2 aromatic rings. The highest BCUT2D eigenvalue weighted by Crippen LogP contribution is 2.22. The number of nitrogens with one attached hydrogen (secondary N) is 1. The van der Waals surface area contributed by atoms with Gasteiger partial charge in [0.05, 0.1) is 11.1 Å². The van der Waals surface area contributed by atoms with Crippen LogP contribution in [0.25, 0.3) is 11.0 Å². The molecule has 1 N–H and O–H groups in total. The van der Waals surface area contributed by atoms with Crippen molar-refractivity contribution >= 4 is 26.9 Å². The molecular weight excluding hydrogens is 328 g/mol. The van der Waals surface area contributed by atoms with Crippen molar-refractivity contribution in [3.63, 3.8) is 0 Å². The molecule has 0 saturated carbocycles. The van der Waals surface area contributed by atoms with Crippen molar-refractivity contribution in [2.45, 2.75) is 32.7 Å². The number of aromatic nitrogens is 4. The van der Waals surface area contributed by atoms with Crippen LogP contribution in [0.5, 0.6) is 0 Å². The lowest BCUT2D eigenvalue weighted by Crippen LogP contribution is -2.43. The van der Waals surface area contributed by atoms with E-state index in [9.17, 15) is 8.42 Å². The quantitative estimate of drug-likeness (QED) is 0.870. The summed E-state index contributed by atoms with van der Waals surface area (Å²) in [6, 6.07) is 0.203. The van der Waals surface area contributed by atoms with Crippen molar-refractivity contribution in [2.24, 2.45) is 13.0 Å². The second-order valence-corrected chi connectivity index (χ2v) is 8.77. The van der Waals surface area contributed by atoms with Crippen LogP contribution in [-0.4, -0.2) is 57.4 Å². The van der Waals surface area contributed by atoms with Crippen molar-refractivity contribution in [1.29, 1.82) is 0 Å². The third-order valence-electron chi connectivity index (χ3n) is 4.16. The second-order valence-electron chi connectivity index (χ2n) is 6.75. The first kappa shape index (κ1) is 17.1. The van der Waals surface area contributed by atoms with Gasteiger partial charge in [0.25, 0.3) is 0 Å². The van der Waals surface area contributed by atoms with Gasteiger partial charge in [-0.2, -0.15) is 5.10 Å². The molecule has 1 aliphatic rings. The number of fused-ring (bicyclic) bond motifs is 1. The van der Waals surface area contributed by atoms with Crippen LogP contribution < -0.4 is 5.32 Å². The smallest absolute Gasteiger partial charge is 0.214 e. The van der Waals surface area contributed by atoms with Crippen LogP contribution in [0.1, 0.15) is 26.7 Å². The fourth-order valence-corrected chi connectivity index (χ4v) is 4.88. The third kappa shape index (κ3) is 3.67. The Labute approximate surface area is 142 Å². The summed E-state index contributed by atoms with van der Waals surface area (Å²) in [6.45, 7) is 4.96. The molecule has 3 rings (SSSR count). The number of hydrogen-bond donors (Lipinski definition) is 1. The molecule has 0 aliphatic carbocycles. The molecule has 8 nitrogen and oxygen atoms in total. The first-order valence-corrected chi connectivity index (χ1v) is 9.85. The van der Waals surface area contributed by atoms with E-state index in [2.05, 4.69) is 20.4 Å². The van der Waals surface area contributed by atoms with Crippen molar-refractivity contribution < 1.29 is 8.42 Å². The zero-order valence-electron chi connectivity index (χ0n) is 14.3. The number of aryl methyl sites for hydroxylation is 1. The Morgan fingerprint density at radius 3 is 2.67 bits per heavy atom. The number of piperidine rings is 1. The Hall–Kier alpha value is -1.74. The van der Waals surface area contributed by atoms with Gasteiger partial charge in [0.2, 0.25) is 10.0 Å². The Bertz CT molecular complexity index is 808. The van der Waals surface area contributed by atoms with E-state index in [4.69, 9.17) is 0 Å². The topological polar surface area (TPSA) is 93.0 Å². The number of anilines is 1. The minimum absolute atomic E-state index is 0.144. The lowest BCUT2D eigenvalue weighted by atomic mass is 10.1. The van der Waals surface area contributed by atoms with Gasteiger partial charge in [0.1, 0.15) is 12.1 Å². The predicted octanol–water partition coefficient (Wildman–Crippen LogP) is 1.23. The van der Waals surface area contributed by atoms with Gasteiger partial charge in [-0.15, -0.1) is 0 Å². The number of hydrogen-bond acceptors (Lipinski definition) is 6. The van der Waals surface area contributed by atoms with Crippen LogP contribution in [0.3, 0.4) is 0 Å². The molecule has 1 aliphatic heterocycles. The third-order valence-corrected chi connectivity index (χ3v) is 6.40. The van der Waals surface area contributed by atoms with Crippen LogP contribution in [-0.2, 0) is 17.1 Å².